The van der Waals surface area contributed by atoms with Gasteiger partial charge in [-0.05, 0) is 38.5 Å². The summed E-state index contributed by atoms with van der Waals surface area (Å²) >= 11 is 0. The Balaban J connectivity index is 2.21. The standard InChI is InChI=1S/C18H21N3O7/c1-9(22)11-3-5-14-13(7-11)21(17(25)10(2)28-14)8-16(24)20-12(18(26)27)4-6-15(19)23/h3,5,7,10,12H,4,6,8H2,1-2H3,(H2,19,23)(H,20,24)(H,26,27). The average Bonchev–Trinajstić information content (AvgIpc) is 2.61. The van der Waals surface area contributed by atoms with Crippen molar-refractivity contribution in [3.05, 3.63) is 23.8 Å². The highest BCUT2D eigenvalue weighted by Gasteiger charge is 2.34. The smallest absolute Gasteiger partial charge is 0.326 e. The largest absolute Gasteiger partial charge is 0.480 e. The normalized spacial score (nSPS) is 16.6. The van der Waals surface area contributed by atoms with Crippen molar-refractivity contribution in [3.8, 4) is 5.75 Å². The molecule has 0 saturated carbocycles. The summed E-state index contributed by atoms with van der Waals surface area (Å²) in [6, 6.07) is 3.20. The first-order valence-electron chi connectivity index (χ1n) is 8.53. The molecule has 1 heterocycles. The van der Waals surface area contributed by atoms with Crippen LogP contribution in [-0.4, -0.2) is 53.3 Å². The summed E-state index contributed by atoms with van der Waals surface area (Å²) in [5, 5.41) is 11.5. The number of primary amides is 1. The number of benzene rings is 1. The number of hydrogen-bond acceptors (Lipinski definition) is 6. The predicted octanol–water partition coefficient (Wildman–Crippen LogP) is -0.162. The zero-order chi connectivity index (χ0) is 21.0. The number of aliphatic carboxylic acids is 1. The first kappa shape index (κ1) is 20.9. The number of nitrogens with one attached hydrogen (secondary N) is 1. The number of amides is 3. The van der Waals surface area contributed by atoms with Gasteiger partial charge in [0, 0.05) is 12.0 Å². The van der Waals surface area contributed by atoms with Crippen LogP contribution in [0.5, 0.6) is 5.75 Å². The zero-order valence-corrected chi connectivity index (χ0v) is 15.4. The van der Waals surface area contributed by atoms with Gasteiger partial charge in [-0.2, -0.15) is 0 Å². The lowest BCUT2D eigenvalue weighted by atomic mass is 10.1. The van der Waals surface area contributed by atoms with Crippen molar-refractivity contribution in [2.45, 2.75) is 38.8 Å². The molecular weight excluding hydrogens is 370 g/mol. The predicted molar refractivity (Wildman–Crippen MR) is 96.9 cm³/mol. The second-order valence-electron chi connectivity index (χ2n) is 6.39. The maximum atomic E-state index is 12.5. The molecule has 0 aromatic heterocycles. The molecule has 2 rings (SSSR count). The fraction of sp³-hybridized carbons (Fsp3) is 0.389. The lowest BCUT2D eigenvalue weighted by molar-refractivity contribution is -0.142. The van der Waals surface area contributed by atoms with Crippen LogP contribution in [0, 0.1) is 0 Å². The van der Waals surface area contributed by atoms with Crippen molar-refractivity contribution in [2.24, 2.45) is 5.73 Å². The number of rotatable bonds is 8. The number of carboxylic acids is 1. The number of nitrogens with two attached hydrogens (primary N) is 1. The third kappa shape index (κ3) is 4.84. The SMILES string of the molecule is CC(=O)c1ccc2c(c1)N(CC(=O)NC(CCC(N)=O)C(=O)O)C(=O)C(C)O2. The monoisotopic (exact) mass is 391 g/mol. The highest BCUT2D eigenvalue weighted by atomic mass is 16.5. The van der Waals surface area contributed by atoms with E-state index in [9.17, 15) is 29.1 Å². The molecule has 2 atom stereocenters. The van der Waals surface area contributed by atoms with E-state index in [1.54, 1.807) is 6.07 Å². The van der Waals surface area contributed by atoms with Crippen LogP contribution in [0.1, 0.15) is 37.0 Å². The van der Waals surface area contributed by atoms with Gasteiger partial charge in [0.15, 0.2) is 11.9 Å². The zero-order valence-electron chi connectivity index (χ0n) is 15.4. The first-order valence-corrected chi connectivity index (χ1v) is 8.53. The summed E-state index contributed by atoms with van der Waals surface area (Å²) in [5.74, 6) is -3.16. The van der Waals surface area contributed by atoms with Crippen molar-refractivity contribution in [2.75, 3.05) is 11.4 Å². The Labute approximate surface area is 160 Å². The number of hydrogen-bond donors (Lipinski definition) is 3. The van der Waals surface area contributed by atoms with Crippen molar-refractivity contribution in [3.63, 3.8) is 0 Å². The fourth-order valence-electron chi connectivity index (χ4n) is 2.72. The van der Waals surface area contributed by atoms with Crippen LogP contribution in [0.4, 0.5) is 5.69 Å². The lowest BCUT2D eigenvalue weighted by Crippen LogP contribution is -2.51. The van der Waals surface area contributed by atoms with Crippen molar-refractivity contribution < 1.29 is 33.8 Å². The van der Waals surface area contributed by atoms with Gasteiger partial charge in [-0.3, -0.25) is 24.1 Å². The number of fused-ring (bicyclic) bond motifs is 1. The van der Waals surface area contributed by atoms with E-state index in [1.165, 1.54) is 26.0 Å². The fourth-order valence-corrected chi connectivity index (χ4v) is 2.72. The average molecular weight is 391 g/mol. The third-order valence-electron chi connectivity index (χ3n) is 4.19. The lowest BCUT2D eigenvalue weighted by Gasteiger charge is -2.33. The van der Waals surface area contributed by atoms with Crippen LogP contribution in [-0.2, 0) is 19.2 Å². The van der Waals surface area contributed by atoms with Gasteiger partial charge in [0.25, 0.3) is 5.91 Å². The summed E-state index contributed by atoms with van der Waals surface area (Å²) in [5.41, 5.74) is 5.59. The number of carbonyl (C=O) groups excluding carboxylic acids is 4. The summed E-state index contributed by atoms with van der Waals surface area (Å²) in [7, 11) is 0. The second-order valence-corrected chi connectivity index (χ2v) is 6.39. The van der Waals surface area contributed by atoms with Gasteiger partial charge < -0.3 is 20.9 Å². The van der Waals surface area contributed by atoms with E-state index in [4.69, 9.17) is 10.5 Å². The number of nitrogens with zero attached hydrogens (tertiary/aromatic N) is 1. The summed E-state index contributed by atoms with van der Waals surface area (Å²) < 4.78 is 5.50. The Bertz CT molecular complexity index is 836. The number of anilines is 1. The Morgan fingerprint density at radius 1 is 1.32 bits per heavy atom. The third-order valence-corrected chi connectivity index (χ3v) is 4.19. The van der Waals surface area contributed by atoms with E-state index in [0.717, 1.165) is 4.90 Å². The molecular formula is C18H21N3O7. The number of Topliss-reactive ketones (excluding diaryl/α,β-unsaturated/α-hetero) is 1. The highest BCUT2D eigenvalue weighted by Crippen LogP contribution is 2.34. The topological polar surface area (TPSA) is 156 Å². The van der Waals surface area contributed by atoms with E-state index in [1.807, 2.05) is 0 Å². The minimum Gasteiger partial charge on any atom is -0.480 e. The Hall–Kier alpha value is -3.43. The molecule has 150 valence electrons. The van der Waals surface area contributed by atoms with Gasteiger partial charge in [-0.1, -0.05) is 0 Å². The first-order chi connectivity index (χ1) is 13.1. The van der Waals surface area contributed by atoms with E-state index in [2.05, 4.69) is 5.32 Å². The Morgan fingerprint density at radius 2 is 2.00 bits per heavy atom. The number of carbonyl (C=O) groups is 5. The van der Waals surface area contributed by atoms with Crippen LogP contribution in [0.25, 0.3) is 0 Å². The van der Waals surface area contributed by atoms with Gasteiger partial charge >= 0.3 is 5.97 Å². The molecule has 10 nitrogen and oxygen atoms in total. The van der Waals surface area contributed by atoms with Gasteiger partial charge in [0.05, 0.1) is 5.69 Å². The van der Waals surface area contributed by atoms with Gasteiger partial charge in [0.2, 0.25) is 11.8 Å². The molecule has 0 aliphatic carbocycles. The molecule has 2 unspecified atom stereocenters. The van der Waals surface area contributed by atoms with Gasteiger partial charge in [-0.25, -0.2) is 4.79 Å². The van der Waals surface area contributed by atoms with Crippen molar-refractivity contribution in [1.82, 2.24) is 5.32 Å². The maximum Gasteiger partial charge on any atom is 0.326 e. The van der Waals surface area contributed by atoms with Crippen LogP contribution in [0.3, 0.4) is 0 Å². The molecule has 1 aliphatic rings. The Kier molecular flexibility index (Phi) is 6.34. The van der Waals surface area contributed by atoms with Crippen LogP contribution in [0.2, 0.25) is 0 Å². The summed E-state index contributed by atoms with van der Waals surface area (Å²) in [6.07, 6.45) is -1.24. The van der Waals surface area contributed by atoms with Crippen LogP contribution >= 0.6 is 0 Å². The minimum absolute atomic E-state index is 0.172. The number of carboxylic acid groups (broad SMARTS) is 1. The molecule has 28 heavy (non-hydrogen) atoms. The quantitative estimate of drug-likeness (QED) is 0.520. The van der Waals surface area contributed by atoms with Crippen molar-refractivity contribution >= 4 is 35.2 Å². The van der Waals surface area contributed by atoms with Gasteiger partial charge in [0.1, 0.15) is 18.3 Å². The summed E-state index contributed by atoms with van der Waals surface area (Å²) in [4.78, 5) is 59.7. The van der Waals surface area contributed by atoms with E-state index in [0.29, 0.717) is 11.3 Å². The minimum atomic E-state index is -1.32. The van der Waals surface area contributed by atoms with E-state index < -0.39 is 42.4 Å². The van der Waals surface area contributed by atoms with Crippen LogP contribution in [0.15, 0.2) is 18.2 Å². The molecule has 0 saturated heterocycles. The summed E-state index contributed by atoms with van der Waals surface area (Å²) in [6.45, 7) is 2.41. The molecule has 0 bridgehead atoms. The number of ether oxygens (including phenoxy) is 1. The Morgan fingerprint density at radius 3 is 2.57 bits per heavy atom. The van der Waals surface area contributed by atoms with E-state index >= 15 is 0 Å². The molecule has 1 aromatic carbocycles. The molecule has 0 fully saturated rings. The van der Waals surface area contributed by atoms with Gasteiger partial charge in [-0.15, -0.1) is 0 Å². The molecule has 1 aromatic rings. The van der Waals surface area contributed by atoms with Crippen LogP contribution < -0.4 is 20.7 Å². The molecule has 0 radical (unpaired) electrons. The molecule has 1 aliphatic heterocycles. The molecule has 4 N–H and O–H groups in total. The molecule has 3 amide bonds. The van der Waals surface area contributed by atoms with E-state index in [-0.39, 0.29) is 24.3 Å². The number of ketones is 1. The second kappa shape index (κ2) is 8.51. The van der Waals surface area contributed by atoms with Crippen molar-refractivity contribution in [1.29, 1.82) is 0 Å². The maximum absolute atomic E-state index is 12.5. The molecule has 0 spiro atoms. The highest BCUT2D eigenvalue weighted by molar-refractivity contribution is 6.05. The molecule has 10 heteroatoms.